The highest BCUT2D eigenvalue weighted by atomic mass is 32.1. The molecule has 0 radical (unpaired) electrons. The summed E-state index contributed by atoms with van der Waals surface area (Å²) in [5.41, 5.74) is 0.446. The number of H-pyrrole nitrogens is 1. The van der Waals surface area contributed by atoms with Gasteiger partial charge in [0.1, 0.15) is 5.56 Å². The van der Waals surface area contributed by atoms with E-state index in [1.165, 1.54) is 0 Å². The van der Waals surface area contributed by atoms with Crippen LogP contribution in [0.1, 0.15) is 24.4 Å². The molecule has 0 saturated heterocycles. The lowest BCUT2D eigenvalue weighted by Gasteiger charge is -2.09. The topological polar surface area (TPSA) is 70.4 Å². The summed E-state index contributed by atoms with van der Waals surface area (Å²) in [5.74, 6) is -0.0748. The molecule has 0 unspecified atom stereocenters. The van der Waals surface area contributed by atoms with Crippen LogP contribution in [0, 0.1) is 4.77 Å². The molecule has 0 atom stereocenters. The number of aromatic hydroxyl groups is 1. The number of aromatic amines is 1. The molecule has 1 aliphatic heterocycles. The van der Waals surface area contributed by atoms with Crippen LogP contribution < -0.4 is 5.56 Å². The third kappa shape index (κ3) is 1.84. The molecule has 2 N–H and O–H groups in total. The fraction of sp³-hybridized carbons (Fsp3) is 0.250. The number of rotatable bonds is 2. The summed E-state index contributed by atoms with van der Waals surface area (Å²) in [7, 11) is 0. The Morgan fingerprint density at radius 2 is 2.33 bits per heavy atom. The van der Waals surface area contributed by atoms with E-state index < -0.39 is 5.56 Å². The number of nitrogens with one attached hydrogen (secondary N) is 1. The quantitative estimate of drug-likeness (QED) is 0.799. The van der Waals surface area contributed by atoms with E-state index in [-0.39, 0.29) is 22.3 Å². The van der Waals surface area contributed by atoms with Crippen molar-refractivity contribution < 1.29 is 5.11 Å². The number of hydrogen-bond acceptors (Lipinski definition) is 4. The molecular formula is C12H11N3O2S. The fourth-order valence-corrected chi connectivity index (χ4v) is 2.23. The van der Waals surface area contributed by atoms with Gasteiger partial charge in [-0.2, -0.15) is 0 Å². The number of aromatic nitrogens is 2. The van der Waals surface area contributed by atoms with Gasteiger partial charge in [0, 0.05) is 12.3 Å². The molecule has 5 nitrogen and oxygen atoms in total. The van der Waals surface area contributed by atoms with Crippen molar-refractivity contribution in [2.75, 3.05) is 0 Å². The van der Waals surface area contributed by atoms with E-state index >= 15 is 0 Å². The summed E-state index contributed by atoms with van der Waals surface area (Å²) in [5, 5.41) is 10.2. The molecule has 3 rings (SSSR count). The van der Waals surface area contributed by atoms with Gasteiger partial charge in [0.15, 0.2) is 4.77 Å². The van der Waals surface area contributed by atoms with Crippen LogP contribution in [0.2, 0.25) is 0 Å². The zero-order valence-corrected chi connectivity index (χ0v) is 10.3. The van der Waals surface area contributed by atoms with E-state index in [4.69, 9.17) is 12.2 Å². The molecule has 2 aliphatic rings. The van der Waals surface area contributed by atoms with Gasteiger partial charge in [-0.25, -0.2) is 0 Å². The Hall–Kier alpha value is -1.95. The summed E-state index contributed by atoms with van der Waals surface area (Å²) in [6, 6.07) is 0.203. The predicted octanol–water partition coefficient (Wildman–Crippen LogP) is 1.93. The van der Waals surface area contributed by atoms with Crippen LogP contribution >= 0.6 is 12.2 Å². The lowest BCUT2D eigenvalue weighted by molar-refractivity contribution is 0.404. The lowest BCUT2D eigenvalue weighted by Crippen LogP contribution is -2.16. The summed E-state index contributed by atoms with van der Waals surface area (Å²) < 4.78 is 1.87. The van der Waals surface area contributed by atoms with Gasteiger partial charge in [-0.05, 0) is 43.3 Å². The summed E-state index contributed by atoms with van der Waals surface area (Å²) in [6.45, 7) is 0. The average Bonchev–Trinajstić information content (AvgIpc) is 3.01. The van der Waals surface area contributed by atoms with Crippen LogP contribution in [0.3, 0.4) is 0 Å². The van der Waals surface area contributed by atoms with Crippen molar-refractivity contribution in [2.45, 2.75) is 18.9 Å². The van der Waals surface area contributed by atoms with E-state index in [9.17, 15) is 9.90 Å². The standard InChI is InChI=1S/C12H11N3O2S/c16-10-9(6-7-2-1-5-13-7)11(17)15(8-3-4-8)12(18)14-10/h1-2,5-6,8,17H,3-4H2,(H,14,16,18). The van der Waals surface area contributed by atoms with Gasteiger partial charge >= 0.3 is 0 Å². The molecule has 0 amide bonds. The molecule has 2 heterocycles. The molecular weight excluding hydrogens is 250 g/mol. The summed E-state index contributed by atoms with van der Waals surface area (Å²) in [6.07, 6.45) is 8.68. The minimum Gasteiger partial charge on any atom is -0.494 e. The zero-order chi connectivity index (χ0) is 12.7. The van der Waals surface area contributed by atoms with E-state index in [0.29, 0.717) is 5.70 Å². The Labute approximate surface area is 108 Å². The number of aliphatic imine (C=N–C) groups is 1. The van der Waals surface area contributed by atoms with Crippen molar-refractivity contribution >= 4 is 24.5 Å². The van der Waals surface area contributed by atoms with Crippen LogP contribution in [0.15, 0.2) is 27.6 Å². The molecule has 1 aliphatic carbocycles. The van der Waals surface area contributed by atoms with Gasteiger partial charge in [-0.1, -0.05) is 0 Å². The first-order valence-corrected chi connectivity index (χ1v) is 6.08. The van der Waals surface area contributed by atoms with Gasteiger partial charge in [0.2, 0.25) is 5.88 Å². The van der Waals surface area contributed by atoms with Crippen LogP contribution in [0.4, 0.5) is 0 Å². The first-order valence-electron chi connectivity index (χ1n) is 5.67. The maximum atomic E-state index is 11.8. The largest absolute Gasteiger partial charge is 0.494 e. The monoisotopic (exact) mass is 261 g/mol. The van der Waals surface area contributed by atoms with E-state index in [1.54, 1.807) is 29.0 Å². The number of allylic oxidation sites excluding steroid dienone is 2. The normalized spacial score (nSPS) is 19.9. The van der Waals surface area contributed by atoms with Crippen molar-refractivity contribution in [1.29, 1.82) is 0 Å². The molecule has 6 heteroatoms. The Balaban J connectivity index is 2.20. The molecule has 1 saturated carbocycles. The van der Waals surface area contributed by atoms with E-state index in [2.05, 4.69) is 9.98 Å². The number of hydrogen-bond donors (Lipinski definition) is 2. The van der Waals surface area contributed by atoms with Crippen molar-refractivity contribution in [3.05, 3.63) is 38.5 Å². The van der Waals surface area contributed by atoms with Crippen LogP contribution in [0.25, 0.3) is 6.08 Å². The Bertz CT molecular complexity index is 691. The highest BCUT2D eigenvalue weighted by Gasteiger charge is 2.27. The van der Waals surface area contributed by atoms with E-state index in [1.807, 2.05) is 0 Å². The summed E-state index contributed by atoms with van der Waals surface area (Å²) >= 11 is 5.07. The third-order valence-electron chi connectivity index (χ3n) is 2.93. The minimum absolute atomic E-state index is 0.0748. The second-order valence-electron chi connectivity index (χ2n) is 4.30. The molecule has 0 bridgehead atoms. The molecule has 18 heavy (non-hydrogen) atoms. The molecule has 0 aromatic carbocycles. The molecule has 1 fully saturated rings. The Morgan fingerprint density at radius 3 is 2.94 bits per heavy atom. The van der Waals surface area contributed by atoms with Crippen molar-refractivity contribution in [3.8, 4) is 5.88 Å². The van der Waals surface area contributed by atoms with Crippen LogP contribution in [0.5, 0.6) is 5.88 Å². The van der Waals surface area contributed by atoms with Gasteiger partial charge < -0.3 is 5.11 Å². The highest BCUT2D eigenvalue weighted by molar-refractivity contribution is 7.71. The maximum Gasteiger partial charge on any atom is 0.262 e. The molecule has 1 aromatic heterocycles. The van der Waals surface area contributed by atoms with Gasteiger partial charge in [0.05, 0.1) is 5.70 Å². The number of nitrogens with zero attached hydrogens (tertiary/aromatic N) is 2. The van der Waals surface area contributed by atoms with E-state index in [0.717, 1.165) is 12.8 Å². The maximum absolute atomic E-state index is 11.8. The smallest absolute Gasteiger partial charge is 0.262 e. The molecule has 0 spiro atoms. The predicted molar refractivity (Wildman–Crippen MR) is 71.4 cm³/mol. The average molecular weight is 261 g/mol. The van der Waals surface area contributed by atoms with Crippen molar-refractivity contribution in [2.24, 2.45) is 4.99 Å². The van der Waals surface area contributed by atoms with Crippen molar-refractivity contribution in [1.82, 2.24) is 9.55 Å². The first kappa shape index (κ1) is 11.2. The second kappa shape index (κ2) is 4.06. The van der Waals surface area contributed by atoms with Gasteiger partial charge in [-0.3, -0.25) is 19.3 Å². The molecule has 92 valence electrons. The van der Waals surface area contributed by atoms with Crippen LogP contribution in [-0.2, 0) is 0 Å². The SMILES string of the molecule is O=c1[nH]c(=S)n(C2CC2)c(O)c1C=C1C=CC=N1. The minimum atomic E-state index is -0.391. The zero-order valence-electron chi connectivity index (χ0n) is 9.46. The second-order valence-corrected chi connectivity index (χ2v) is 4.69. The van der Waals surface area contributed by atoms with Crippen LogP contribution in [-0.4, -0.2) is 20.9 Å². The van der Waals surface area contributed by atoms with Crippen molar-refractivity contribution in [3.63, 3.8) is 0 Å². The van der Waals surface area contributed by atoms with Gasteiger partial charge in [0.25, 0.3) is 5.56 Å². The third-order valence-corrected chi connectivity index (χ3v) is 3.23. The highest BCUT2D eigenvalue weighted by Crippen LogP contribution is 2.38. The van der Waals surface area contributed by atoms with Gasteiger partial charge in [-0.15, -0.1) is 0 Å². The fourth-order valence-electron chi connectivity index (χ4n) is 1.90. The lowest BCUT2D eigenvalue weighted by atomic mass is 10.2. The molecule has 1 aromatic rings. The first-order chi connectivity index (χ1) is 8.66. The Kier molecular flexibility index (Phi) is 2.52. The Morgan fingerprint density at radius 1 is 1.56 bits per heavy atom. The summed E-state index contributed by atoms with van der Waals surface area (Å²) in [4.78, 5) is 18.5.